The lowest BCUT2D eigenvalue weighted by molar-refractivity contribution is -0.153. The number of carboxylic acid groups (broad SMARTS) is 1. The minimum absolute atomic E-state index is 0.0697. The highest BCUT2D eigenvalue weighted by Crippen LogP contribution is 2.16. The van der Waals surface area contributed by atoms with Crippen LogP contribution in [0.5, 0.6) is 0 Å². The number of carboxylic acids is 1. The summed E-state index contributed by atoms with van der Waals surface area (Å²) in [5.74, 6) is -1.11. The van der Waals surface area contributed by atoms with Crippen molar-refractivity contribution in [1.82, 2.24) is 0 Å². The molecule has 0 saturated heterocycles. The van der Waals surface area contributed by atoms with Crippen molar-refractivity contribution in [2.75, 3.05) is 0 Å². The molecule has 0 aliphatic carbocycles. The Labute approximate surface area is 173 Å². The van der Waals surface area contributed by atoms with Crippen LogP contribution in [-0.4, -0.2) is 23.1 Å². The van der Waals surface area contributed by atoms with E-state index >= 15 is 0 Å². The molecule has 0 aromatic rings. The first kappa shape index (κ1) is 26.9. The number of rotatable bonds is 21. The zero-order chi connectivity index (χ0) is 20.9. The smallest absolute Gasteiger partial charge is 0.307 e. The van der Waals surface area contributed by atoms with Gasteiger partial charge in [-0.1, -0.05) is 104 Å². The highest BCUT2D eigenvalue weighted by molar-refractivity contribution is 5.71. The van der Waals surface area contributed by atoms with Gasteiger partial charge in [-0.15, -0.1) is 0 Å². The van der Waals surface area contributed by atoms with Gasteiger partial charge in [-0.05, 0) is 19.3 Å². The first-order valence-electron chi connectivity index (χ1n) is 12.0. The molecule has 166 valence electrons. The van der Waals surface area contributed by atoms with E-state index in [9.17, 15) is 9.59 Å². The maximum atomic E-state index is 12.0. The first-order valence-corrected chi connectivity index (χ1v) is 12.0. The normalized spacial score (nSPS) is 12.1. The second-order valence-electron chi connectivity index (χ2n) is 8.20. The molecule has 0 saturated carbocycles. The number of unbranched alkanes of at least 4 members (excludes halogenated alkanes) is 14. The number of aliphatic carboxylic acids is 1. The van der Waals surface area contributed by atoms with Crippen molar-refractivity contribution in [3.05, 3.63) is 0 Å². The van der Waals surface area contributed by atoms with E-state index in [2.05, 4.69) is 13.8 Å². The maximum Gasteiger partial charge on any atom is 0.307 e. The van der Waals surface area contributed by atoms with Crippen molar-refractivity contribution >= 4 is 11.9 Å². The van der Waals surface area contributed by atoms with Crippen molar-refractivity contribution < 1.29 is 19.4 Å². The number of carbonyl (C=O) groups excluding carboxylic acids is 1. The standard InChI is InChI=1S/C24H46O4/c1-3-5-7-9-11-12-14-15-17-19-22(21-23(25)26)28-24(27)20-18-16-13-10-8-6-4-2/h22H,3-21H2,1-2H3,(H,25,26). The highest BCUT2D eigenvalue weighted by atomic mass is 16.5. The van der Waals surface area contributed by atoms with Crippen molar-refractivity contribution in [2.24, 2.45) is 0 Å². The van der Waals surface area contributed by atoms with Crippen LogP contribution in [0.1, 0.15) is 136 Å². The molecule has 0 amide bonds. The van der Waals surface area contributed by atoms with E-state index in [0.29, 0.717) is 12.8 Å². The molecular formula is C24H46O4. The molecule has 0 heterocycles. The Bertz CT molecular complexity index is 368. The van der Waals surface area contributed by atoms with Crippen LogP contribution in [0.4, 0.5) is 0 Å². The van der Waals surface area contributed by atoms with Gasteiger partial charge in [-0.3, -0.25) is 9.59 Å². The lowest BCUT2D eigenvalue weighted by atomic mass is 10.0. The average molecular weight is 399 g/mol. The zero-order valence-corrected chi connectivity index (χ0v) is 18.7. The molecular weight excluding hydrogens is 352 g/mol. The third-order valence-electron chi connectivity index (χ3n) is 5.31. The summed E-state index contributed by atoms with van der Waals surface area (Å²) in [7, 11) is 0. The Kier molecular flexibility index (Phi) is 19.9. The molecule has 4 heteroatoms. The third-order valence-corrected chi connectivity index (χ3v) is 5.31. The molecule has 28 heavy (non-hydrogen) atoms. The van der Waals surface area contributed by atoms with Gasteiger partial charge in [0, 0.05) is 6.42 Å². The molecule has 0 bridgehead atoms. The molecule has 0 aromatic heterocycles. The molecule has 0 aliphatic heterocycles. The maximum absolute atomic E-state index is 12.0. The fourth-order valence-electron chi connectivity index (χ4n) is 3.55. The molecule has 0 aliphatic rings. The summed E-state index contributed by atoms with van der Waals surface area (Å²) in [5.41, 5.74) is 0. The Morgan fingerprint density at radius 2 is 1.11 bits per heavy atom. The molecule has 4 nitrogen and oxygen atoms in total. The van der Waals surface area contributed by atoms with Crippen molar-refractivity contribution in [1.29, 1.82) is 0 Å². The van der Waals surface area contributed by atoms with Gasteiger partial charge in [-0.25, -0.2) is 0 Å². The van der Waals surface area contributed by atoms with Gasteiger partial charge in [-0.2, -0.15) is 0 Å². The van der Waals surface area contributed by atoms with Crippen LogP contribution < -0.4 is 0 Å². The van der Waals surface area contributed by atoms with Crippen LogP contribution in [0.15, 0.2) is 0 Å². The first-order chi connectivity index (χ1) is 13.6. The van der Waals surface area contributed by atoms with Gasteiger partial charge in [0.25, 0.3) is 0 Å². The van der Waals surface area contributed by atoms with E-state index in [0.717, 1.165) is 25.7 Å². The van der Waals surface area contributed by atoms with E-state index in [-0.39, 0.29) is 12.4 Å². The largest absolute Gasteiger partial charge is 0.481 e. The Hall–Kier alpha value is -1.06. The van der Waals surface area contributed by atoms with Gasteiger partial charge in [0.2, 0.25) is 0 Å². The number of hydrogen-bond acceptors (Lipinski definition) is 3. The van der Waals surface area contributed by atoms with Crippen LogP contribution in [0, 0.1) is 0 Å². The Morgan fingerprint density at radius 3 is 1.57 bits per heavy atom. The van der Waals surface area contributed by atoms with Gasteiger partial charge >= 0.3 is 11.9 Å². The SMILES string of the molecule is CCCCCCCCCCCC(CC(=O)O)OC(=O)CCCCCCCCC. The molecule has 0 fully saturated rings. The molecule has 0 rings (SSSR count). The van der Waals surface area contributed by atoms with Gasteiger partial charge in [0.15, 0.2) is 0 Å². The summed E-state index contributed by atoms with van der Waals surface area (Å²) in [6.07, 6.45) is 19.8. The Balaban J connectivity index is 3.79. The van der Waals surface area contributed by atoms with Gasteiger partial charge < -0.3 is 9.84 Å². The predicted octanol–water partition coefficient (Wildman–Crippen LogP) is 7.43. The minimum Gasteiger partial charge on any atom is -0.481 e. The summed E-state index contributed by atoms with van der Waals surface area (Å²) in [4.78, 5) is 23.1. The van der Waals surface area contributed by atoms with Gasteiger partial charge in [0.1, 0.15) is 6.10 Å². The molecule has 1 unspecified atom stereocenters. The molecule has 0 radical (unpaired) electrons. The highest BCUT2D eigenvalue weighted by Gasteiger charge is 2.17. The number of esters is 1. The van der Waals surface area contributed by atoms with Crippen molar-refractivity contribution in [3.63, 3.8) is 0 Å². The van der Waals surface area contributed by atoms with Crippen LogP contribution in [0.25, 0.3) is 0 Å². The van der Waals surface area contributed by atoms with E-state index in [1.807, 2.05) is 0 Å². The lowest BCUT2D eigenvalue weighted by Crippen LogP contribution is -2.21. The minimum atomic E-state index is -0.885. The summed E-state index contributed by atoms with van der Waals surface area (Å²) in [6.45, 7) is 4.44. The lowest BCUT2D eigenvalue weighted by Gasteiger charge is -2.16. The second kappa shape index (κ2) is 20.7. The third kappa shape index (κ3) is 19.7. The monoisotopic (exact) mass is 398 g/mol. The van der Waals surface area contributed by atoms with Crippen molar-refractivity contribution in [2.45, 2.75) is 142 Å². The summed E-state index contributed by atoms with van der Waals surface area (Å²) in [6, 6.07) is 0. The number of ether oxygens (including phenoxy) is 1. The number of carbonyl (C=O) groups is 2. The quantitative estimate of drug-likeness (QED) is 0.161. The predicted molar refractivity (Wildman–Crippen MR) is 117 cm³/mol. The Morgan fingerprint density at radius 1 is 0.679 bits per heavy atom. The van der Waals surface area contributed by atoms with Crippen LogP contribution in [0.2, 0.25) is 0 Å². The summed E-state index contributed by atoms with van der Waals surface area (Å²) in [5, 5.41) is 9.07. The molecule has 1 atom stereocenters. The molecule has 0 spiro atoms. The summed E-state index contributed by atoms with van der Waals surface area (Å²) < 4.78 is 5.46. The van der Waals surface area contributed by atoms with Crippen LogP contribution >= 0.6 is 0 Å². The van der Waals surface area contributed by atoms with E-state index < -0.39 is 12.1 Å². The van der Waals surface area contributed by atoms with Crippen LogP contribution in [0.3, 0.4) is 0 Å². The fourth-order valence-corrected chi connectivity index (χ4v) is 3.55. The molecule has 0 aromatic carbocycles. The average Bonchev–Trinajstić information content (AvgIpc) is 2.65. The van der Waals surface area contributed by atoms with E-state index in [1.54, 1.807) is 0 Å². The topological polar surface area (TPSA) is 63.6 Å². The van der Waals surface area contributed by atoms with E-state index in [1.165, 1.54) is 77.0 Å². The van der Waals surface area contributed by atoms with E-state index in [4.69, 9.17) is 9.84 Å². The molecule has 1 N–H and O–H groups in total. The summed E-state index contributed by atoms with van der Waals surface area (Å²) >= 11 is 0. The zero-order valence-electron chi connectivity index (χ0n) is 18.7. The van der Waals surface area contributed by atoms with Gasteiger partial charge in [0.05, 0.1) is 6.42 Å². The fraction of sp³-hybridized carbons (Fsp3) is 0.917. The van der Waals surface area contributed by atoms with Crippen LogP contribution in [-0.2, 0) is 14.3 Å². The van der Waals surface area contributed by atoms with Crippen molar-refractivity contribution in [3.8, 4) is 0 Å². The second-order valence-corrected chi connectivity index (χ2v) is 8.20. The number of hydrogen-bond donors (Lipinski definition) is 1.